The normalized spacial score (nSPS) is 45.4. The third-order valence-corrected chi connectivity index (χ3v) is 5.93. The van der Waals surface area contributed by atoms with Crippen LogP contribution in [0.4, 0.5) is 0 Å². The minimum Gasteiger partial charge on any atom is -0.351 e. The molecule has 1 amide bonds. The minimum atomic E-state index is 0.0588. The Morgan fingerprint density at radius 3 is 2.61 bits per heavy atom. The molecule has 0 radical (unpaired) electrons. The smallest absolute Gasteiger partial charge is 0.237 e. The van der Waals surface area contributed by atoms with Crippen molar-refractivity contribution in [1.29, 1.82) is 0 Å². The molecule has 2 bridgehead atoms. The lowest BCUT2D eigenvalue weighted by atomic mass is 9.68. The predicted octanol–water partition coefficient (Wildman–Crippen LogP) is 2.07. The van der Waals surface area contributed by atoms with Gasteiger partial charge in [-0.1, -0.05) is 20.8 Å². The Balaban J connectivity index is 1.73. The van der Waals surface area contributed by atoms with Crippen LogP contribution in [0.2, 0.25) is 0 Å². The highest BCUT2D eigenvalue weighted by molar-refractivity contribution is 5.82. The van der Waals surface area contributed by atoms with Crippen molar-refractivity contribution in [2.75, 3.05) is 6.54 Å². The summed E-state index contributed by atoms with van der Waals surface area (Å²) in [5.41, 5.74) is 0.601. The van der Waals surface area contributed by atoms with Crippen LogP contribution in [0, 0.1) is 16.7 Å². The molecule has 0 aromatic carbocycles. The zero-order chi connectivity index (χ0) is 13.0. The van der Waals surface area contributed by atoms with Crippen LogP contribution in [-0.2, 0) is 4.79 Å². The van der Waals surface area contributed by atoms with E-state index >= 15 is 0 Å². The standard InChI is InChI=1S/C15H26N2O/c1-14(2)10-6-7-15(3,9-10)13(14)17-12(18)11-5-4-8-16-11/h10-11,13,16H,4-9H2,1-3H3,(H,17,18). The second-order valence-electron chi connectivity index (χ2n) is 7.51. The van der Waals surface area contributed by atoms with E-state index in [0.717, 1.165) is 25.3 Å². The lowest BCUT2D eigenvalue weighted by molar-refractivity contribution is -0.125. The maximum absolute atomic E-state index is 12.3. The lowest BCUT2D eigenvalue weighted by Crippen LogP contribution is -2.55. The van der Waals surface area contributed by atoms with Crippen LogP contribution in [0.1, 0.15) is 52.9 Å². The molecule has 3 nitrogen and oxygen atoms in total. The molecular weight excluding hydrogens is 224 g/mol. The van der Waals surface area contributed by atoms with Gasteiger partial charge in [-0.2, -0.15) is 0 Å². The van der Waals surface area contributed by atoms with Crippen molar-refractivity contribution >= 4 is 5.91 Å². The topological polar surface area (TPSA) is 41.1 Å². The summed E-state index contributed by atoms with van der Waals surface area (Å²) in [7, 11) is 0. The molecule has 4 atom stereocenters. The maximum Gasteiger partial charge on any atom is 0.237 e. The number of carbonyl (C=O) groups excluding carboxylic acids is 1. The number of carbonyl (C=O) groups is 1. The van der Waals surface area contributed by atoms with Gasteiger partial charge in [-0.05, 0) is 55.4 Å². The van der Waals surface area contributed by atoms with E-state index in [1.807, 2.05) is 0 Å². The van der Waals surface area contributed by atoms with E-state index in [1.165, 1.54) is 19.3 Å². The van der Waals surface area contributed by atoms with Gasteiger partial charge in [-0.3, -0.25) is 4.79 Å². The van der Waals surface area contributed by atoms with Gasteiger partial charge in [0.2, 0.25) is 5.91 Å². The Hall–Kier alpha value is -0.570. The molecule has 2 saturated carbocycles. The van der Waals surface area contributed by atoms with E-state index in [0.29, 0.717) is 11.5 Å². The van der Waals surface area contributed by atoms with Gasteiger partial charge in [0, 0.05) is 6.04 Å². The van der Waals surface area contributed by atoms with Gasteiger partial charge in [0.05, 0.1) is 6.04 Å². The molecule has 1 aliphatic heterocycles. The zero-order valence-corrected chi connectivity index (χ0v) is 11.9. The van der Waals surface area contributed by atoms with Gasteiger partial charge in [-0.15, -0.1) is 0 Å². The molecule has 2 aliphatic carbocycles. The maximum atomic E-state index is 12.3. The van der Waals surface area contributed by atoms with E-state index in [1.54, 1.807) is 0 Å². The van der Waals surface area contributed by atoms with E-state index in [2.05, 4.69) is 31.4 Å². The minimum absolute atomic E-state index is 0.0588. The summed E-state index contributed by atoms with van der Waals surface area (Å²) in [5.74, 6) is 1.03. The fourth-order valence-electron chi connectivity index (χ4n) is 4.81. The molecule has 0 aromatic heterocycles. The van der Waals surface area contributed by atoms with Crippen LogP contribution in [0.5, 0.6) is 0 Å². The Kier molecular flexibility index (Phi) is 2.74. The second kappa shape index (κ2) is 3.96. The summed E-state index contributed by atoms with van der Waals surface area (Å²) in [6.07, 6.45) is 6.05. The van der Waals surface area contributed by atoms with E-state index < -0.39 is 0 Å². The molecule has 1 saturated heterocycles. The summed E-state index contributed by atoms with van der Waals surface area (Å²) < 4.78 is 0. The Morgan fingerprint density at radius 2 is 2.06 bits per heavy atom. The molecule has 3 fully saturated rings. The number of amides is 1. The molecule has 2 N–H and O–H groups in total. The van der Waals surface area contributed by atoms with Crippen LogP contribution < -0.4 is 10.6 Å². The third kappa shape index (κ3) is 1.70. The first-order chi connectivity index (χ1) is 8.43. The fraction of sp³-hybridized carbons (Fsp3) is 0.933. The van der Waals surface area contributed by atoms with Gasteiger partial charge < -0.3 is 10.6 Å². The Bertz CT molecular complexity index is 355. The number of fused-ring (bicyclic) bond motifs is 2. The van der Waals surface area contributed by atoms with Gasteiger partial charge >= 0.3 is 0 Å². The molecular formula is C15H26N2O. The van der Waals surface area contributed by atoms with Crippen LogP contribution in [0.25, 0.3) is 0 Å². The SMILES string of the molecule is CC12CCC(C1)C(C)(C)C2NC(=O)C1CCCN1. The van der Waals surface area contributed by atoms with Crippen LogP contribution in [0.3, 0.4) is 0 Å². The van der Waals surface area contributed by atoms with Crippen molar-refractivity contribution in [2.24, 2.45) is 16.7 Å². The lowest BCUT2D eigenvalue weighted by Gasteiger charge is -2.43. The van der Waals surface area contributed by atoms with Crippen molar-refractivity contribution in [3.05, 3.63) is 0 Å². The molecule has 0 aromatic rings. The third-order valence-electron chi connectivity index (χ3n) is 5.93. The first-order valence-corrected chi connectivity index (χ1v) is 7.47. The van der Waals surface area contributed by atoms with Crippen molar-refractivity contribution in [2.45, 2.75) is 65.0 Å². The molecule has 0 spiro atoms. The van der Waals surface area contributed by atoms with Gasteiger partial charge in [-0.25, -0.2) is 0 Å². The summed E-state index contributed by atoms with van der Waals surface area (Å²) in [4.78, 5) is 12.3. The molecule has 1 heterocycles. The number of hydrogen-bond donors (Lipinski definition) is 2. The van der Waals surface area contributed by atoms with Crippen molar-refractivity contribution in [3.8, 4) is 0 Å². The molecule has 3 aliphatic rings. The number of nitrogens with one attached hydrogen (secondary N) is 2. The van der Waals surface area contributed by atoms with Gasteiger partial charge in [0.25, 0.3) is 0 Å². The first-order valence-electron chi connectivity index (χ1n) is 7.47. The first kappa shape index (κ1) is 12.5. The number of rotatable bonds is 2. The quantitative estimate of drug-likeness (QED) is 0.788. The van der Waals surface area contributed by atoms with Crippen molar-refractivity contribution < 1.29 is 4.79 Å². The fourth-order valence-corrected chi connectivity index (χ4v) is 4.81. The molecule has 3 rings (SSSR count). The predicted molar refractivity (Wildman–Crippen MR) is 72.2 cm³/mol. The highest BCUT2D eigenvalue weighted by Gasteiger charge is 2.59. The highest BCUT2D eigenvalue weighted by atomic mass is 16.2. The van der Waals surface area contributed by atoms with E-state index in [4.69, 9.17) is 0 Å². The van der Waals surface area contributed by atoms with Crippen molar-refractivity contribution in [1.82, 2.24) is 10.6 Å². The molecule has 3 heteroatoms. The molecule has 4 unspecified atom stereocenters. The van der Waals surface area contributed by atoms with Crippen molar-refractivity contribution in [3.63, 3.8) is 0 Å². The monoisotopic (exact) mass is 250 g/mol. The molecule has 102 valence electrons. The summed E-state index contributed by atoms with van der Waals surface area (Å²) in [6, 6.07) is 0.419. The summed E-state index contributed by atoms with van der Waals surface area (Å²) in [5, 5.41) is 6.68. The van der Waals surface area contributed by atoms with Gasteiger partial charge in [0.15, 0.2) is 0 Å². The Morgan fingerprint density at radius 1 is 1.28 bits per heavy atom. The summed E-state index contributed by atoms with van der Waals surface area (Å²) in [6.45, 7) is 8.05. The molecule has 18 heavy (non-hydrogen) atoms. The Labute approximate surface area is 110 Å². The zero-order valence-electron chi connectivity index (χ0n) is 11.9. The summed E-state index contributed by atoms with van der Waals surface area (Å²) >= 11 is 0. The van der Waals surface area contributed by atoms with Crippen LogP contribution in [0.15, 0.2) is 0 Å². The van der Waals surface area contributed by atoms with E-state index in [-0.39, 0.29) is 17.4 Å². The van der Waals surface area contributed by atoms with E-state index in [9.17, 15) is 4.79 Å². The highest BCUT2D eigenvalue weighted by Crippen LogP contribution is 2.62. The second-order valence-corrected chi connectivity index (χ2v) is 7.51. The largest absolute Gasteiger partial charge is 0.351 e. The van der Waals surface area contributed by atoms with Crippen LogP contribution in [-0.4, -0.2) is 24.5 Å². The van der Waals surface area contributed by atoms with Crippen LogP contribution >= 0.6 is 0 Å². The van der Waals surface area contributed by atoms with Gasteiger partial charge in [0.1, 0.15) is 0 Å². The number of hydrogen-bond acceptors (Lipinski definition) is 2. The average Bonchev–Trinajstić information content (AvgIpc) is 2.96. The average molecular weight is 250 g/mol.